The Kier molecular flexibility index (Phi) is 5.80. The maximum absolute atomic E-state index is 12.1. The maximum Gasteiger partial charge on any atom is 0.469 e. The Morgan fingerprint density at radius 1 is 1.33 bits per heavy atom. The van der Waals surface area contributed by atoms with Gasteiger partial charge in [0.2, 0.25) is 0 Å². The van der Waals surface area contributed by atoms with Gasteiger partial charge in [0.1, 0.15) is 0 Å². The van der Waals surface area contributed by atoms with E-state index in [-0.39, 0.29) is 11.7 Å². The van der Waals surface area contributed by atoms with E-state index in [1.807, 2.05) is 0 Å². The van der Waals surface area contributed by atoms with Gasteiger partial charge < -0.3 is 9.79 Å². The third-order valence-corrected chi connectivity index (χ3v) is 6.24. The Morgan fingerprint density at radius 2 is 1.89 bits per heavy atom. The second-order valence-corrected chi connectivity index (χ2v) is 8.36. The lowest BCUT2D eigenvalue weighted by molar-refractivity contribution is 0.195. The monoisotopic (exact) mass is 300 g/mol. The van der Waals surface area contributed by atoms with E-state index in [1.165, 1.54) is 0 Å². The summed E-state index contributed by atoms with van der Waals surface area (Å²) in [5.74, 6) is 0.301. The molecule has 0 amide bonds. The second kappa shape index (κ2) is 6.48. The van der Waals surface area contributed by atoms with Crippen LogP contribution in [0.3, 0.4) is 0 Å². The molecule has 0 aromatic rings. The van der Waals surface area contributed by atoms with Crippen molar-refractivity contribution in [2.24, 2.45) is 5.92 Å². The molecule has 1 unspecified atom stereocenters. The van der Waals surface area contributed by atoms with Gasteiger partial charge in [-0.1, -0.05) is 19.8 Å². The van der Waals surface area contributed by atoms with E-state index < -0.39 is 29.5 Å². The summed E-state index contributed by atoms with van der Waals surface area (Å²) in [4.78, 5) is 17.2. The Balaban J connectivity index is 2.58. The lowest BCUT2D eigenvalue weighted by Crippen LogP contribution is -2.30. The van der Waals surface area contributed by atoms with Gasteiger partial charge in [-0.2, -0.15) is 0 Å². The van der Waals surface area contributed by atoms with Crippen molar-refractivity contribution in [1.29, 1.82) is 0 Å². The standard InChI is InChI=1S/C10H21O6PS/c1-2-10(7-16-17(11,12)13)18(14,15)8-9-5-3-4-6-9/h9-10H,2-8H2,1H3,(H2,11,12,13). The van der Waals surface area contributed by atoms with Crippen molar-refractivity contribution in [1.82, 2.24) is 0 Å². The van der Waals surface area contributed by atoms with Gasteiger partial charge in [0.25, 0.3) is 0 Å². The number of hydrogen-bond acceptors (Lipinski definition) is 4. The molecule has 1 saturated carbocycles. The normalized spacial score (nSPS) is 20.2. The van der Waals surface area contributed by atoms with Crippen LogP contribution < -0.4 is 0 Å². The predicted molar refractivity (Wildman–Crippen MR) is 67.8 cm³/mol. The smallest absolute Gasteiger partial charge is 0.303 e. The number of phosphoric acid groups is 1. The molecule has 1 aliphatic rings. The van der Waals surface area contributed by atoms with Gasteiger partial charge in [-0.3, -0.25) is 4.52 Å². The Morgan fingerprint density at radius 3 is 2.33 bits per heavy atom. The lowest BCUT2D eigenvalue weighted by atomic mass is 10.1. The van der Waals surface area contributed by atoms with Crippen molar-refractivity contribution in [3.05, 3.63) is 0 Å². The molecule has 0 heterocycles. The first-order valence-electron chi connectivity index (χ1n) is 6.16. The summed E-state index contributed by atoms with van der Waals surface area (Å²) in [7, 11) is -7.95. The summed E-state index contributed by atoms with van der Waals surface area (Å²) in [6, 6.07) is 0. The Hall–Kier alpha value is 0.0600. The van der Waals surface area contributed by atoms with E-state index in [4.69, 9.17) is 9.79 Å². The molecule has 0 radical (unpaired) electrons. The fourth-order valence-corrected chi connectivity index (χ4v) is 4.82. The van der Waals surface area contributed by atoms with Crippen molar-refractivity contribution >= 4 is 17.7 Å². The van der Waals surface area contributed by atoms with Gasteiger partial charge in [0.05, 0.1) is 17.6 Å². The maximum atomic E-state index is 12.1. The van der Waals surface area contributed by atoms with Gasteiger partial charge >= 0.3 is 7.82 Å². The number of sulfone groups is 1. The van der Waals surface area contributed by atoms with Crippen molar-refractivity contribution in [3.63, 3.8) is 0 Å². The molecule has 6 nitrogen and oxygen atoms in total. The molecule has 0 aromatic heterocycles. The van der Waals surface area contributed by atoms with Crippen LogP contribution in [0.1, 0.15) is 39.0 Å². The second-order valence-electron chi connectivity index (χ2n) is 4.80. The Bertz CT molecular complexity index is 395. The number of rotatable bonds is 7. The molecule has 0 aromatic carbocycles. The van der Waals surface area contributed by atoms with Crippen LogP contribution in [0.25, 0.3) is 0 Å². The average molecular weight is 300 g/mol. The third-order valence-electron chi connectivity index (χ3n) is 3.33. The van der Waals surface area contributed by atoms with Crippen LogP contribution >= 0.6 is 7.82 Å². The quantitative estimate of drug-likeness (QED) is 0.691. The minimum Gasteiger partial charge on any atom is -0.303 e. The highest BCUT2D eigenvalue weighted by molar-refractivity contribution is 7.92. The van der Waals surface area contributed by atoms with Crippen molar-refractivity contribution < 1.29 is 27.3 Å². The molecule has 0 saturated heterocycles. The van der Waals surface area contributed by atoms with Gasteiger partial charge in [-0.25, -0.2) is 13.0 Å². The molecule has 0 aliphatic heterocycles. The van der Waals surface area contributed by atoms with Crippen LogP contribution in [-0.2, 0) is 18.9 Å². The predicted octanol–water partition coefficient (Wildman–Crippen LogP) is 1.48. The third kappa shape index (κ3) is 5.36. The molecule has 0 spiro atoms. The SMILES string of the molecule is CCC(COP(=O)(O)O)S(=O)(=O)CC1CCCC1. The summed E-state index contributed by atoms with van der Waals surface area (Å²) in [5.41, 5.74) is 0. The van der Waals surface area contributed by atoms with E-state index in [1.54, 1.807) is 6.92 Å². The van der Waals surface area contributed by atoms with E-state index in [0.29, 0.717) is 6.42 Å². The average Bonchev–Trinajstić information content (AvgIpc) is 2.68. The minimum absolute atomic E-state index is 0.107. The van der Waals surface area contributed by atoms with E-state index >= 15 is 0 Å². The zero-order valence-electron chi connectivity index (χ0n) is 10.5. The summed E-state index contributed by atoms with van der Waals surface area (Å²) in [6.45, 7) is 1.25. The lowest BCUT2D eigenvalue weighted by Gasteiger charge is -2.18. The van der Waals surface area contributed by atoms with Crippen molar-refractivity contribution in [2.75, 3.05) is 12.4 Å². The van der Waals surface area contributed by atoms with E-state index in [0.717, 1.165) is 25.7 Å². The molecular weight excluding hydrogens is 279 g/mol. The highest BCUT2D eigenvalue weighted by atomic mass is 32.2. The zero-order valence-corrected chi connectivity index (χ0v) is 12.2. The summed E-state index contributed by atoms with van der Waals surface area (Å²) < 4.78 is 39.1. The van der Waals surface area contributed by atoms with Gasteiger partial charge in [-0.05, 0) is 25.2 Å². The first-order chi connectivity index (χ1) is 8.24. The fourth-order valence-electron chi connectivity index (χ4n) is 2.30. The molecule has 1 atom stereocenters. The molecule has 1 aliphatic carbocycles. The molecule has 1 fully saturated rings. The summed E-state index contributed by atoms with van der Waals surface area (Å²) in [5, 5.41) is -0.828. The van der Waals surface area contributed by atoms with Crippen LogP contribution in [0.2, 0.25) is 0 Å². The fraction of sp³-hybridized carbons (Fsp3) is 1.00. The van der Waals surface area contributed by atoms with Gasteiger partial charge in [-0.15, -0.1) is 0 Å². The van der Waals surface area contributed by atoms with Crippen LogP contribution in [-0.4, -0.2) is 35.8 Å². The highest BCUT2D eigenvalue weighted by Crippen LogP contribution is 2.36. The van der Waals surface area contributed by atoms with Gasteiger partial charge in [0.15, 0.2) is 9.84 Å². The number of hydrogen-bond donors (Lipinski definition) is 2. The van der Waals surface area contributed by atoms with Crippen LogP contribution in [0, 0.1) is 5.92 Å². The summed E-state index contributed by atoms with van der Waals surface area (Å²) in [6.07, 6.45) is 4.28. The largest absolute Gasteiger partial charge is 0.469 e. The number of phosphoric ester groups is 1. The molecule has 0 bridgehead atoms. The van der Waals surface area contributed by atoms with Crippen LogP contribution in [0.4, 0.5) is 0 Å². The van der Waals surface area contributed by atoms with Crippen molar-refractivity contribution in [2.45, 2.75) is 44.3 Å². The topological polar surface area (TPSA) is 101 Å². The van der Waals surface area contributed by atoms with E-state index in [2.05, 4.69) is 4.52 Å². The minimum atomic E-state index is -4.60. The van der Waals surface area contributed by atoms with Crippen LogP contribution in [0.5, 0.6) is 0 Å². The molecule has 1 rings (SSSR count). The Labute approximate surface area is 108 Å². The molecule has 2 N–H and O–H groups in total. The van der Waals surface area contributed by atoms with E-state index in [9.17, 15) is 13.0 Å². The van der Waals surface area contributed by atoms with Gasteiger partial charge in [0, 0.05) is 0 Å². The first-order valence-corrected chi connectivity index (χ1v) is 9.41. The highest BCUT2D eigenvalue weighted by Gasteiger charge is 2.30. The zero-order chi connectivity index (χ0) is 13.8. The molecule has 8 heteroatoms. The molecule has 18 heavy (non-hydrogen) atoms. The first kappa shape index (κ1) is 16.1. The van der Waals surface area contributed by atoms with Crippen LogP contribution in [0.15, 0.2) is 0 Å². The molecule has 108 valence electrons. The summed E-state index contributed by atoms with van der Waals surface area (Å²) >= 11 is 0. The molecular formula is C10H21O6PS. The van der Waals surface area contributed by atoms with Crippen molar-refractivity contribution in [3.8, 4) is 0 Å².